The molecular weight excluding hydrogens is 170 g/mol. The van der Waals surface area contributed by atoms with Crippen molar-refractivity contribution in [3.63, 3.8) is 0 Å². The molecule has 1 heterocycles. The summed E-state index contributed by atoms with van der Waals surface area (Å²) in [4.78, 5) is 3.50. The lowest BCUT2D eigenvalue weighted by atomic mass is 10.0. The molecule has 74 valence electrons. The average molecular weight is 187 g/mol. The molecule has 1 heteroatoms. The molecule has 0 unspecified atom stereocenters. The molecule has 0 fully saturated rings. The zero-order chi connectivity index (χ0) is 10.3. The maximum atomic E-state index is 3.50. The molecule has 0 saturated carbocycles. The normalized spacial score (nSPS) is 11.5. The fourth-order valence-electron chi connectivity index (χ4n) is 2.05. The third-order valence-electron chi connectivity index (χ3n) is 2.83. The van der Waals surface area contributed by atoms with Gasteiger partial charge in [0.1, 0.15) is 0 Å². The molecule has 0 aliphatic heterocycles. The Morgan fingerprint density at radius 1 is 1.14 bits per heavy atom. The topological polar surface area (TPSA) is 15.8 Å². The van der Waals surface area contributed by atoms with Gasteiger partial charge in [-0.2, -0.15) is 0 Å². The van der Waals surface area contributed by atoms with Gasteiger partial charge in [0.05, 0.1) is 0 Å². The first-order chi connectivity index (χ1) is 6.59. The van der Waals surface area contributed by atoms with Gasteiger partial charge in [-0.1, -0.05) is 26.0 Å². The highest BCUT2D eigenvalue weighted by atomic mass is 14.7. The molecule has 0 aliphatic carbocycles. The highest BCUT2D eigenvalue weighted by molar-refractivity contribution is 5.85. The van der Waals surface area contributed by atoms with Gasteiger partial charge in [-0.25, -0.2) is 0 Å². The smallest absolute Gasteiger partial charge is 0.0461 e. The van der Waals surface area contributed by atoms with E-state index in [1.54, 1.807) is 0 Å². The first-order valence-corrected chi connectivity index (χ1v) is 5.18. The molecule has 2 rings (SSSR count). The van der Waals surface area contributed by atoms with Crippen molar-refractivity contribution in [2.75, 3.05) is 0 Å². The fraction of sp³-hybridized carbons (Fsp3) is 0.385. The number of H-pyrrole nitrogens is 1. The van der Waals surface area contributed by atoms with Gasteiger partial charge in [-0.3, -0.25) is 0 Å². The average Bonchev–Trinajstić information content (AvgIpc) is 2.43. The largest absolute Gasteiger partial charge is 0.358 e. The maximum Gasteiger partial charge on any atom is 0.0461 e. The summed E-state index contributed by atoms with van der Waals surface area (Å²) in [5.74, 6) is 0.572. The van der Waals surface area contributed by atoms with Crippen molar-refractivity contribution < 1.29 is 0 Å². The molecular formula is C13H17N. The SMILES string of the molecule is Cc1ccc2c(C)c(C(C)C)[nH]c2c1. The molecule has 1 aromatic carbocycles. The van der Waals surface area contributed by atoms with Crippen molar-refractivity contribution in [2.45, 2.75) is 33.6 Å². The van der Waals surface area contributed by atoms with Crippen LogP contribution >= 0.6 is 0 Å². The van der Waals surface area contributed by atoms with Gasteiger partial charge in [-0.15, -0.1) is 0 Å². The van der Waals surface area contributed by atoms with E-state index in [1.807, 2.05) is 0 Å². The zero-order valence-corrected chi connectivity index (χ0v) is 9.31. The number of benzene rings is 1. The number of nitrogens with one attached hydrogen (secondary N) is 1. The van der Waals surface area contributed by atoms with Crippen LogP contribution in [0.3, 0.4) is 0 Å². The molecule has 1 nitrogen and oxygen atoms in total. The summed E-state index contributed by atoms with van der Waals surface area (Å²) in [6, 6.07) is 6.60. The Morgan fingerprint density at radius 3 is 2.50 bits per heavy atom. The second-order valence-electron chi connectivity index (χ2n) is 4.37. The lowest BCUT2D eigenvalue weighted by Gasteiger charge is -2.02. The standard InChI is InChI=1S/C13H17N/c1-8(2)13-10(4)11-6-5-9(3)7-12(11)14-13/h5-8,14H,1-4H3. The molecule has 0 atom stereocenters. The second-order valence-corrected chi connectivity index (χ2v) is 4.37. The maximum absolute atomic E-state index is 3.50. The Balaban J connectivity index is 2.73. The molecule has 0 amide bonds. The highest BCUT2D eigenvalue weighted by Gasteiger charge is 2.09. The molecule has 2 aromatic rings. The van der Waals surface area contributed by atoms with E-state index in [0.717, 1.165) is 0 Å². The molecule has 0 bridgehead atoms. The summed E-state index contributed by atoms with van der Waals surface area (Å²) >= 11 is 0. The molecule has 1 aromatic heterocycles. The van der Waals surface area contributed by atoms with Crippen LogP contribution in [0.15, 0.2) is 18.2 Å². The van der Waals surface area contributed by atoms with E-state index in [1.165, 1.54) is 27.7 Å². The molecule has 1 N–H and O–H groups in total. The number of aromatic amines is 1. The number of fused-ring (bicyclic) bond motifs is 1. The van der Waals surface area contributed by atoms with E-state index < -0.39 is 0 Å². The van der Waals surface area contributed by atoms with Gasteiger partial charge in [0.2, 0.25) is 0 Å². The van der Waals surface area contributed by atoms with Gasteiger partial charge < -0.3 is 4.98 Å². The Hall–Kier alpha value is -1.24. The summed E-state index contributed by atoms with van der Waals surface area (Å²) in [7, 11) is 0. The lowest BCUT2D eigenvalue weighted by Crippen LogP contribution is -1.88. The third-order valence-corrected chi connectivity index (χ3v) is 2.83. The third kappa shape index (κ3) is 1.33. The second kappa shape index (κ2) is 3.16. The van der Waals surface area contributed by atoms with Crippen LogP contribution in [0.5, 0.6) is 0 Å². The fourth-order valence-corrected chi connectivity index (χ4v) is 2.05. The van der Waals surface area contributed by atoms with Crippen LogP contribution in [0.4, 0.5) is 0 Å². The summed E-state index contributed by atoms with van der Waals surface area (Å²) in [6.45, 7) is 8.78. The van der Waals surface area contributed by atoms with E-state index >= 15 is 0 Å². The minimum absolute atomic E-state index is 0.572. The van der Waals surface area contributed by atoms with Gasteiger partial charge in [-0.05, 0) is 37.0 Å². The van der Waals surface area contributed by atoms with Crippen LogP contribution in [-0.2, 0) is 0 Å². The van der Waals surface area contributed by atoms with Crippen LogP contribution < -0.4 is 0 Å². The van der Waals surface area contributed by atoms with Gasteiger partial charge in [0, 0.05) is 16.6 Å². The first-order valence-electron chi connectivity index (χ1n) is 5.18. The van der Waals surface area contributed by atoms with Crippen molar-refractivity contribution in [2.24, 2.45) is 0 Å². The van der Waals surface area contributed by atoms with Gasteiger partial charge >= 0.3 is 0 Å². The predicted molar refractivity (Wildman–Crippen MR) is 61.9 cm³/mol. The molecule has 0 saturated heterocycles. The van der Waals surface area contributed by atoms with Crippen LogP contribution in [0, 0.1) is 13.8 Å². The molecule has 14 heavy (non-hydrogen) atoms. The van der Waals surface area contributed by atoms with Gasteiger partial charge in [0.25, 0.3) is 0 Å². The summed E-state index contributed by atoms with van der Waals surface area (Å²) in [5, 5.41) is 1.36. The van der Waals surface area contributed by atoms with E-state index in [0.29, 0.717) is 5.92 Å². The van der Waals surface area contributed by atoms with E-state index in [9.17, 15) is 0 Å². The molecule has 0 radical (unpaired) electrons. The van der Waals surface area contributed by atoms with E-state index in [4.69, 9.17) is 0 Å². The summed E-state index contributed by atoms with van der Waals surface area (Å²) in [5.41, 5.74) is 5.35. The minimum atomic E-state index is 0.572. The zero-order valence-electron chi connectivity index (χ0n) is 9.31. The Morgan fingerprint density at radius 2 is 1.86 bits per heavy atom. The van der Waals surface area contributed by atoms with Crippen molar-refractivity contribution in [3.05, 3.63) is 35.0 Å². The Bertz CT molecular complexity index is 463. The number of aromatic nitrogens is 1. The number of hydrogen-bond acceptors (Lipinski definition) is 0. The first kappa shape index (κ1) is 9.32. The summed E-state index contributed by atoms with van der Waals surface area (Å²) in [6.07, 6.45) is 0. The predicted octanol–water partition coefficient (Wildman–Crippen LogP) is 3.91. The molecule has 0 aliphatic rings. The van der Waals surface area contributed by atoms with Crippen molar-refractivity contribution in [3.8, 4) is 0 Å². The Labute approximate surface area is 85.1 Å². The van der Waals surface area contributed by atoms with E-state index in [2.05, 4.69) is 50.9 Å². The number of aryl methyl sites for hydroxylation is 2. The minimum Gasteiger partial charge on any atom is -0.358 e. The Kier molecular flexibility index (Phi) is 2.10. The number of hydrogen-bond donors (Lipinski definition) is 1. The quantitative estimate of drug-likeness (QED) is 0.696. The van der Waals surface area contributed by atoms with Crippen molar-refractivity contribution >= 4 is 10.9 Å². The monoisotopic (exact) mass is 187 g/mol. The van der Waals surface area contributed by atoms with Crippen LogP contribution in [0.1, 0.15) is 36.6 Å². The van der Waals surface area contributed by atoms with Crippen molar-refractivity contribution in [1.82, 2.24) is 4.98 Å². The van der Waals surface area contributed by atoms with Gasteiger partial charge in [0.15, 0.2) is 0 Å². The summed E-state index contributed by atoms with van der Waals surface area (Å²) < 4.78 is 0. The van der Waals surface area contributed by atoms with E-state index in [-0.39, 0.29) is 0 Å². The number of rotatable bonds is 1. The molecule has 0 spiro atoms. The van der Waals surface area contributed by atoms with Crippen LogP contribution in [0.2, 0.25) is 0 Å². The highest BCUT2D eigenvalue weighted by Crippen LogP contribution is 2.27. The lowest BCUT2D eigenvalue weighted by molar-refractivity contribution is 0.828. The van der Waals surface area contributed by atoms with Crippen molar-refractivity contribution in [1.29, 1.82) is 0 Å². The van der Waals surface area contributed by atoms with Crippen LogP contribution in [-0.4, -0.2) is 4.98 Å². The van der Waals surface area contributed by atoms with Crippen LogP contribution in [0.25, 0.3) is 10.9 Å².